The zero-order valence-corrected chi connectivity index (χ0v) is 15.4. The van der Waals surface area contributed by atoms with Gasteiger partial charge in [-0.1, -0.05) is 0 Å². The van der Waals surface area contributed by atoms with E-state index in [0.29, 0.717) is 12.5 Å². The van der Waals surface area contributed by atoms with Crippen molar-refractivity contribution in [2.24, 2.45) is 5.92 Å². The fourth-order valence-electron chi connectivity index (χ4n) is 2.52. The molecule has 0 aromatic rings. The lowest BCUT2D eigenvalue weighted by atomic mass is 9.96. The molecule has 140 valence electrons. The van der Waals surface area contributed by atoms with Crippen molar-refractivity contribution in [1.82, 2.24) is 20.7 Å². The molecule has 0 aromatic carbocycles. The van der Waals surface area contributed by atoms with Crippen LogP contribution in [0.3, 0.4) is 0 Å². The Bertz CT molecular complexity index is 502. The maximum absolute atomic E-state index is 11.8. The summed E-state index contributed by atoms with van der Waals surface area (Å²) < 4.78 is 25.7. The van der Waals surface area contributed by atoms with Crippen LogP contribution in [0.5, 0.6) is 0 Å². The van der Waals surface area contributed by atoms with Crippen molar-refractivity contribution in [3.05, 3.63) is 0 Å². The van der Waals surface area contributed by atoms with Crippen LogP contribution in [0.25, 0.3) is 0 Å². The first-order valence-corrected chi connectivity index (χ1v) is 10.2. The molecule has 0 saturated carbocycles. The predicted octanol–water partition coefficient (Wildman–Crippen LogP) is -0.674. The summed E-state index contributed by atoms with van der Waals surface area (Å²) in [6.45, 7) is 5.88. The van der Waals surface area contributed by atoms with E-state index in [1.54, 1.807) is 13.8 Å². The van der Waals surface area contributed by atoms with Gasteiger partial charge in [0.1, 0.15) is 0 Å². The monoisotopic (exact) mass is 362 g/mol. The number of sulfonamides is 1. The molecule has 1 aliphatic heterocycles. The summed E-state index contributed by atoms with van der Waals surface area (Å²) in [6.07, 6.45) is 3.12. The van der Waals surface area contributed by atoms with Crippen LogP contribution in [0.15, 0.2) is 0 Å². The first-order chi connectivity index (χ1) is 11.3. The summed E-state index contributed by atoms with van der Waals surface area (Å²) in [7, 11) is -3.63. The SMILES string of the molecule is CC(C)NC(=O)CNS(=O)(=O)CCC(=O)NCCC1CCCNC1. The Balaban J connectivity index is 2.16. The molecule has 1 heterocycles. The van der Waals surface area contributed by atoms with Gasteiger partial charge in [-0.15, -0.1) is 0 Å². The van der Waals surface area contributed by atoms with Crippen molar-refractivity contribution in [3.8, 4) is 0 Å². The molecular formula is C15H30N4O4S. The van der Waals surface area contributed by atoms with Crippen molar-refractivity contribution >= 4 is 21.8 Å². The molecule has 2 amide bonds. The molecule has 1 atom stereocenters. The highest BCUT2D eigenvalue weighted by atomic mass is 32.2. The summed E-state index contributed by atoms with van der Waals surface area (Å²) >= 11 is 0. The average molecular weight is 362 g/mol. The topological polar surface area (TPSA) is 116 Å². The largest absolute Gasteiger partial charge is 0.356 e. The van der Waals surface area contributed by atoms with Gasteiger partial charge in [0.15, 0.2) is 0 Å². The number of hydrogen-bond donors (Lipinski definition) is 4. The highest BCUT2D eigenvalue weighted by Gasteiger charge is 2.16. The van der Waals surface area contributed by atoms with Crippen molar-refractivity contribution in [2.75, 3.05) is 31.9 Å². The second-order valence-electron chi connectivity index (χ2n) is 6.46. The van der Waals surface area contributed by atoms with Crippen LogP contribution in [0.4, 0.5) is 0 Å². The minimum atomic E-state index is -3.63. The first kappa shape index (κ1) is 20.9. The van der Waals surface area contributed by atoms with Crippen LogP contribution in [-0.4, -0.2) is 58.2 Å². The summed E-state index contributed by atoms with van der Waals surface area (Å²) in [5.41, 5.74) is 0. The van der Waals surface area contributed by atoms with Crippen molar-refractivity contribution in [2.45, 2.75) is 45.6 Å². The fraction of sp³-hybridized carbons (Fsp3) is 0.867. The lowest BCUT2D eigenvalue weighted by molar-refractivity contribution is -0.121. The summed E-state index contributed by atoms with van der Waals surface area (Å²) in [5, 5.41) is 8.66. The summed E-state index contributed by atoms with van der Waals surface area (Å²) in [4.78, 5) is 23.1. The summed E-state index contributed by atoms with van der Waals surface area (Å²) in [5.74, 6) is -0.419. The third-order valence-corrected chi connectivity index (χ3v) is 5.10. The molecule has 0 bridgehead atoms. The second-order valence-corrected chi connectivity index (χ2v) is 8.39. The van der Waals surface area contributed by atoms with Crippen LogP contribution in [-0.2, 0) is 19.6 Å². The van der Waals surface area contributed by atoms with Crippen molar-refractivity contribution < 1.29 is 18.0 Å². The number of carbonyl (C=O) groups is 2. The fourth-order valence-corrected chi connectivity index (χ4v) is 3.47. The van der Waals surface area contributed by atoms with Crippen LogP contribution >= 0.6 is 0 Å². The van der Waals surface area contributed by atoms with Gasteiger partial charge in [0.05, 0.1) is 12.3 Å². The van der Waals surface area contributed by atoms with E-state index in [2.05, 4.69) is 20.7 Å². The zero-order valence-electron chi connectivity index (χ0n) is 14.6. The Morgan fingerprint density at radius 2 is 2.00 bits per heavy atom. The Hall–Kier alpha value is -1.19. The Morgan fingerprint density at radius 1 is 1.25 bits per heavy atom. The Labute approximate surface area is 144 Å². The van der Waals surface area contributed by atoms with Crippen LogP contribution in [0.1, 0.15) is 39.5 Å². The molecule has 0 radical (unpaired) electrons. The minimum Gasteiger partial charge on any atom is -0.356 e. The Kier molecular flexibility index (Phi) is 9.24. The molecule has 1 unspecified atom stereocenters. The van der Waals surface area contributed by atoms with E-state index >= 15 is 0 Å². The molecule has 8 nitrogen and oxygen atoms in total. The predicted molar refractivity (Wildman–Crippen MR) is 92.9 cm³/mol. The lowest BCUT2D eigenvalue weighted by Crippen LogP contribution is -2.41. The van der Waals surface area contributed by atoms with Gasteiger partial charge in [0.25, 0.3) is 0 Å². The van der Waals surface area contributed by atoms with Crippen LogP contribution < -0.4 is 20.7 Å². The molecule has 0 spiro atoms. The smallest absolute Gasteiger partial charge is 0.235 e. The standard InChI is InChI=1S/C15H30N4O4S/c1-12(2)19-15(21)11-18-24(22,23)9-6-14(20)17-8-5-13-4-3-7-16-10-13/h12-13,16,18H,3-11H2,1-2H3,(H,17,20)(H,19,21). The molecule has 9 heteroatoms. The lowest BCUT2D eigenvalue weighted by Gasteiger charge is -2.22. The number of hydrogen-bond acceptors (Lipinski definition) is 5. The van der Waals surface area contributed by atoms with Gasteiger partial charge in [-0.25, -0.2) is 13.1 Å². The van der Waals surface area contributed by atoms with E-state index < -0.39 is 10.0 Å². The minimum absolute atomic E-state index is 0.0489. The van der Waals surface area contributed by atoms with Gasteiger partial charge in [0.2, 0.25) is 21.8 Å². The van der Waals surface area contributed by atoms with Gasteiger partial charge in [-0.2, -0.15) is 0 Å². The highest BCUT2D eigenvalue weighted by Crippen LogP contribution is 2.12. The number of piperidine rings is 1. The van der Waals surface area contributed by atoms with Crippen molar-refractivity contribution in [1.29, 1.82) is 0 Å². The van der Waals surface area contributed by atoms with E-state index in [0.717, 1.165) is 25.9 Å². The molecule has 1 rings (SSSR count). The molecule has 4 N–H and O–H groups in total. The molecular weight excluding hydrogens is 332 g/mol. The molecule has 1 fully saturated rings. The number of nitrogens with one attached hydrogen (secondary N) is 4. The van der Waals surface area contributed by atoms with Crippen LogP contribution in [0.2, 0.25) is 0 Å². The van der Waals surface area contributed by atoms with Gasteiger partial charge >= 0.3 is 0 Å². The highest BCUT2D eigenvalue weighted by molar-refractivity contribution is 7.89. The van der Waals surface area contributed by atoms with E-state index in [4.69, 9.17) is 0 Å². The maximum Gasteiger partial charge on any atom is 0.235 e. The number of amides is 2. The number of carbonyl (C=O) groups excluding carboxylic acids is 2. The zero-order chi connectivity index (χ0) is 18.0. The Morgan fingerprint density at radius 3 is 2.62 bits per heavy atom. The quantitative estimate of drug-likeness (QED) is 0.411. The third-order valence-electron chi connectivity index (χ3n) is 3.77. The average Bonchev–Trinajstić information content (AvgIpc) is 2.52. The van der Waals surface area contributed by atoms with Crippen molar-refractivity contribution in [3.63, 3.8) is 0 Å². The van der Waals surface area contributed by atoms with E-state index in [-0.39, 0.29) is 36.6 Å². The van der Waals surface area contributed by atoms with Gasteiger partial charge in [-0.05, 0) is 52.1 Å². The van der Waals surface area contributed by atoms with Gasteiger partial charge in [-0.3, -0.25) is 9.59 Å². The molecule has 1 aliphatic rings. The molecule has 0 aliphatic carbocycles. The van der Waals surface area contributed by atoms with Gasteiger partial charge < -0.3 is 16.0 Å². The van der Waals surface area contributed by atoms with Crippen LogP contribution in [0, 0.1) is 5.92 Å². The maximum atomic E-state index is 11.8. The number of rotatable bonds is 10. The van der Waals surface area contributed by atoms with E-state index in [9.17, 15) is 18.0 Å². The van der Waals surface area contributed by atoms with E-state index in [1.165, 1.54) is 6.42 Å². The molecule has 0 aromatic heterocycles. The van der Waals surface area contributed by atoms with E-state index in [1.807, 2.05) is 0 Å². The summed E-state index contributed by atoms with van der Waals surface area (Å²) in [6, 6.07) is -0.0489. The first-order valence-electron chi connectivity index (χ1n) is 8.52. The molecule has 1 saturated heterocycles. The third kappa shape index (κ3) is 9.84. The molecule has 24 heavy (non-hydrogen) atoms. The second kappa shape index (κ2) is 10.6. The van der Waals surface area contributed by atoms with Gasteiger partial charge in [0, 0.05) is 19.0 Å². The normalized spacial score (nSPS) is 18.4.